The van der Waals surface area contributed by atoms with Gasteiger partial charge in [-0.3, -0.25) is 4.79 Å². The molecule has 0 saturated carbocycles. The topological polar surface area (TPSA) is 59.7 Å². The van der Waals surface area contributed by atoms with E-state index in [0.29, 0.717) is 5.56 Å². The maximum absolute atomic E-state index is 13.6. The van der Waals surface area contributed by atoms with E-state index in [-0.39, 0.29) is 22.5 Å². The molecule has 0 unspecified atom stereocenters. The van der Waals surface area contributed by atoms with Crippen molar-refractivity contribution in [2.45, 2.75) is 45.7 Å². The van der Waals surface area contributed by atoms with Crippen molar-refractivity contribution in [2.75, 3.05) is 0 Å². The Morgan fingerprint density at radius 1 is 1.07 bits per heavy atom. The van der Waals surface area contributed by atoms with E-state index in [9.17, 15) is 23.1 Å². The highest BCUT2D eigenvalue weighted by Gasteiger charge is 2.41. The number of phenols is 1. The molecule has 0 spiro atoms. The van der Waals surface area contributed by atoms with Gasteiger partial charge in [-0.25, -0.2) is 0 Å². The first kappa shape index (κ1) is 20.8. The fraction of sp³-hybridized carbons (Fsp3) is 0.318. The van der Waals surface area contributed by atoms with Gasteiger partial charge in [-0.05, 0) is 35.6 Å². The first-order valence-electron chi connectivity index (χ1n) is 9.10. The number of ether oxygens (including phenoxy) is 1. The van der Waals surface area contributed by atoms with Crippen LogP contribution in [-0.4, -0.2) is 5.11 Å². The van der Waals surface area contributed by atoms with Gasteiger partial charge in [0.25, 0.3) is 5.76 Å². The summed E-state index contributed by atoms with van der Waals surface area (Å²) >= 11 is 0. The lowest BCUT2D eigenvalue weighted by Crippen LogP contribution is -2.18. The third-order valence-electron chi connectivity index (χ3n) is 4.56. The van der Waals surface area contributed by atoms with Crippen molar-refractivity contribution in [2.24, 2.45) is 0 Å². The molecule has 0 bridgehead atoms. The largest absolute Gasteiger partial charge is 0.508 e. The van der Waals surface area contributed by atoms with Crippen LogP contribution in [0.15, 0.2) is 45.6 Å². The third-order valence-corrected chi connectivity index (χ3v) is 4.56. The van der Waals surface area contributed by atoms with Crippen molar-refractivity contribution >= 4 is 11.0 Å². The highest BCUT2D eigenvalue weighted by atomic mass is 19.4. The number of alkyl halides is 3. The molecule has 0 saturated heterocycles. The minimum atomic E-state index is -4.96. The molecule has 1 heterocycles. The molecule has 3 aromatic rings. The highest BCUT2D eigenvalue weighted by molar-refractivity contribution is 5.79. The van der Waals surface area contributed by atoms with Crippen LogP contribution in [0.1, 0.15) is 44.6 Å². The summed E-state index contributed by atoms with van der Waals surface area (Å²) in [5.74, 6) is -2.62. The molecule has 0 aliphatic heterocycles. The Labute approximate surface area is 165 Å². The van der Waals surface area contributed by atoms with E-state index >= 15 is 0 Å². The van der Waals surface area contributed by atoms with E-state index in [1.54, 1.807) is 12.1 Å². The second-order valence-corrected chi connectivity index (χ2v) is 7.80. The van der Waals surface area contributed by atoms with Crippen molar-refractivity contribution in [1.29, 1.82) is 0 Å². The zero-order valence-corrected chi connectivity index (χ0v) is 16.5. The van der Waals surface area contributed by atoms with E-state index in [0.717, 1.165) is 18.1 Å². The zero-order chi connectivity index (χ0) is 21.6. The zero-order valence-electron chi connectivity index (χ0n) is 16.5. The summed E-state index contributed by atoms with van der Waals surface area (Å²) in [6.45, 7) is 7.69. The fourth-order valence-corrected chi connectivity index (χ4v) is 3.03. The fourth-order valence-electron chi connectivity index (χ4n) is 3.03. The Balaban J connectivity index is 2.27. The monoisotopic (exact) mass is 406 g/mol. The number of benzene rings is 2. The minimum absolute atomic E-state index is 0.117. The van der Waals surface area contributed by atoms with Crippen molar-refractivity contribution < 1.29 is 27.4 Å². The number of phenolic OH excluding ortho intramolecular Hbond substituents is 1. The lowest BCUT2D eigenvalue weighted by Gasteiger charge is -2.24. The normalized spacial score (nSPS) is 12.4. The van der Waals surface area contributed by atoms with Crippen LogP contribution < -0.4 is 10.2 Å². The summed E-state index contributed by atoms with van der Waals surface area (Å²) in [6, 6.07) is 8.55. The lowest BCUT2D eigenvalue weighted by molar-refractivity contribution is -0.154. The first-order chi connectivity index (χ1) is 13.4. The van der Waals surface area contributed by atoms with Crippen LogP contribution in [0.25, 0.3) is 11.0 Å². The quantitative estimate of drug-likeness (QED) is 0.565. The van der Waals surface area contributed by atoms with Gasteiger partial charge in [0.2, 0.25) is 11.2 Å². The summed E-state index contributed by atoms with van der Waals surface area (Å²) in [5.41, 5.74) is -0.0820. The molecular weight excluding hydrogens is 385 g/mol. The molecule has 0 fully saturated rings. The second kappa shape index (κ2) is 7.13. The summed E-state index contributed by atoms with van der Waals surface area (Å²) < 4.78 is 51.4. The molecule has 0 aliphatic rings. The van der Waals surface area contributed by atoms with Crippen LogP contribution in [-0.2, 0) is 18.0 Å². The molecule has 154 valence electrons. The van der Waals surface area contributed by atoms with Gasteiger partial charge in [-0.15, -0.1) is 0 Å². The molecule has 2 aromatic carbocycles. The SMILES string of the molecule is CCc1ccc(Oc2c(C(F)(F)F)oc3cc(O)ccc3c2=O)c(C(C)(C)C)c1. The van der Waals surface area contributed by atoms with Crippen LogP contribution in [0.3, 0.4) is 0 Å². The van der Waals surface area contributed by atoms with Gasteiger partial charge < -0.3 is 14.3 Å². The standard InChI is InChI=1S/C22H21F3O4/c1-5-12-6-9-16(15(10-12)21(2,3)4)28-19-18(27)14-8-7-13(26)11-17(14)29-20(19)22(23,24)25/h6-11,26H,5H2,1-4H3. The van der Waals surface area contributed by atoms with Gasteiger partial charge in [0.1, 0.15) is 17.1 Å². The van der Waals surface area contributed by atoms with Crippen molar-refractivity contribution in [3.63, 3.8) is 0 Å². The Morgan fingerprint density at radius 2 is 1.76 bits per heavy atom. The van der Waals surface area contributed by atoms with Crippen molar-refractivity contribution in [1.82, 2.24) is 0 Å². The van der Waals surface area contributed by atoms with E-state index < -0.39 is 28.5 Å². The maximum Gasteiger partial charge on any atom is 0.453 e. The van der Waals surface area contributed by atoms with E-state index in [2.05, 4.69) is 0 Å². The van der Waals surface area contributed by atoms with Crippen molar-refractivity contribution in [3.8, 4) is 17.2 Å². The summed E-state index contributed by atoms with van der Waals surface area (Å²) in [7, 11) is 0. The average molecular weight is 406 g/mol. The number of rotatable bonds is 3. The van der Waals surface area contributed by atoms with Crippen LogP contribution >= 0.6 is 0 Å². The number of fused-ring (bicyclic) bond motifs is 1. The molecule has 0 atom stereocenters. The van der Waals surface area contributed by atoms with Crippen LogP contribution in [0.5, 0.6) is 17.2 Å². The molecule has 7 heteroatoms. The molecular formula is C22H21F3O4. The first-order valence-corrected chi connectivity index (χ1v) is 9.10. The maximum atomic E-state index is 13.6. The van der Waals surface area contributed by atoms with E-state index in [1.807, 2.05) is 33.8 Å². The molecule has 1 aromatic heterocycles. The van der Waals surface area contributed by atoms with Gasteiger partial charge in [0, 0.05) is 11.6 Å². The van der Waals surface area contributed by atoms with Gasteiger partial charge in [-0.2, -0.15) is 13.2 Å². The molecule has 0 radical (unpaired) electrons. The molecule has 29 heavy (non-hydrogen) atoms. The number of halogens is 3. The number of hydrogen-bond donors (Lipinski definition) is 1. The van der Waals surface area contributed by atoms with Gasteiger partial charge in [0.15, 0.2) is 0 Å². The highest BCUT2D eigenvalue weighted by Crippen LogP contribution is 2.41. The van der Waals surface area contributed by atoms with Gasteiger partial charge in [-0.1, -0.05) is 39.8 Å². The molecule has 0 aliphatic carbocycles. The minimum Gasteiger partial charge on any atom is -0.508 e. The summed E-state index contributed by atoms with van der Waals surface area (Å²) in [4.78, 5) is 12.8. The Bertz CT molecular complexity index is 1120. The number of hydrogen-bond acceptors (Lipinski definition) is 4. The molecule has 4 nitrogen and oxygen atoms in total. The Kier molecular flexibility index (Phi) is 5.11. The number of aromatic hydroxyl groups is 1. The van der Waals surface area contributed by atoms with Crippen LogP contribution in [0.2, 0.25) is 0 Å². The van der Waals surface area contributed by atoms with E-state index in [1.165, 1.54) is 12.1 Å². The third kappa shape index (κ3) is 4.09. The molecule has 0 amide bonds. The second-order valence-electron chi connectivity index (χ2n) is 7.80. The number of aryl methyl sites for hydroxylation is 1. The molecule has 1 N–H and O–H groups in total. The Hall–Kier alpha value is -2.96. The smallest absolute Gasteiger partial charge is 0.453 e. The predicted octanol–water partition coefficient (Wildman–Crippen LogP) is 6.17. The lowest BCUT2D eigenvalue weighted by atomic mass is 9.85. The summed E-state index contributed by atoms with van der Waals surface area (Å²) in [5, 5.41) is 9.40. The van der Waals surface area contributed by atoms with Crippen LogP contribution in [0, 0.1) is 0 Å². The summed E-state index contributed by atoms with van der Waals surface area (Å²) in [6.07, 6.45) is -4.21. The predicted molar refractivity (Wildman–Crippen MR) is 104 cm³/mol. The molecule has 3 rings (SSSR count). The van der Waals surface area contributed by atoms with Crippen molar-refractivity contribution in [3.05, 3.63) is 63.5 Å². The van der Waals surface area contributed by atoms with Gasteiger partial charge >= 0.3 is 6.18 Å². The average Bonchev–Trinajstić information content (AvgIpc) is 2.62. The van der Waals surface area contributed by atoms with Crippen LogP contribution in [0.4, 0.5) is 13.2 Å². The Morgan fingerprint density at radius 3 is 2.34 bits per heavy atom. The van der Waals surface area contributed by atoms with E-state index in [4.69, 9.17) is 9.15 Å². The van der Waals surface area contributed by atoms with Gasteiger partial charge in [0.05, 0.1) is 5.39 Å².